The molecule has 2 unspecified atom stereocenters. The van der Waals surface area contributed by atoms with Gasteiger partial charge in [0.25, 0.3) is 0 Å². The van der Waals surface area contributed by atoms with Gasteiger partial charge in [-0.2, -0.15) is 0 Å². The van der Waals surface area contributed by atoms with Gasteiger partial charge >= 0.3 is 0 Å². The number of nitrogens with zero attached hydrogens (tertiary/aromatic N) is 2. The smallest absolute Gasteiger partial charge is 0.191 e. The van der Waals surface area contributed by atoms with E-state index in [-0.39, 0.29) is 6.10 Å². The zero-order valence-electron chi connectivity index (χ0n) is 14.5. The quantitative estimate of drug-likeness (QED) is 0.555. The first-order valence-corrected chi connectivity index (χ1v) is 8.36. The number of morpholine rings is 1. The van der Waals surface area contributed by atoms with Gasteiger partial charge in [0.1, 0.15) is 0 Å². The monoisotopic (exact) mass is 298 g/mol. The summed E-state index contributed by atoms with van der Waals surface area (Å²) in [5.41, 5.74) is 0. The molecule has 0 radical (unpaired) electrons. The number of guanidine groups is 1. The second-order valence-electron chi connectivity index (χ2n) is 6.49. The van der Waals surface area contributed by atoms with Crippen LogP contribution in [0.5, 0.6) is 0 Å². The number of likely N-dealkylation sites (N-methyl/N-ethyl adjacent to an activating group) is 1. The molecule has 0 aliphatic carbocycles. The molecule has 1 aliphatic heterocycles. The third-order valence-electron chi connectivity index (χ3n) is 3.70. The Morgan fingerprint density at radius 3 is 2.71 bits per heavy atom. The van der Waals surface area contributed by atoms with Gasteiger partial charge in [0, 0.05) is 25.7 Å². The van der Waals surface area contributed by atoms with Crippen LogP contribution < -0.4 is 10.6 Å². The molecule has 5 heteroatoms. The molecule has 124 valence electrons. The van der Waals surface area contributed by atoms with Crippen molar-refractivity contribution in [1.29, 1.82) is 0 Å². The molecule has 0 aromatic rings. The van der Waals surface area contributed by atoms with Crippen molar-refractivity contribution in [2.75, 3.05) is 39.8 Å². The van der Waals surface area contributed by atoms with Crippen LogP contribution in [0.15, 0.2) is 4.99 Å². The molecule has 0 aromatic carbocycles. The third-order valence-corrected chi connectivity index (χ3v) is 3.70. The van der Waals surface area contributed by atoms with Gasteiger partial charge in [-0.1, -0.05) is 13.8 Å². The van der Waals surface area contributed by atoms with Gasteiger partial charge in [0.2, 0.25) is 0 Å². The maximum absolute atomic E-state index is 5.76. The minimum Gasteiger partial charge on any atom is -0.374 e. The average molecular weight is 298 g/mol. The maximum Gasteiger partial charge on any atom is 0.191 e. The van der Waals surface area contributed by atoms with Crippen LogP contribution in [0.2, 0.25) is 0 Å². The van der Waals surface area contributed by atoms with Gasteiger partial charge in [0.15, 0.2) is 5.96 Å². The first-order chi connectivity index (χ1) is 10.0. The van der Waals surface area contributed by atoms with Crippen LogP contribution in [0.3, 0.4) is 0 Å². The topological polar surface area (TPSA) is 48.9 Å². The first-order valence-electron chi connectivity index (χ1n) is 8.36. The first kappa shape index (κ1) is 18.2. The van der Waals surface area contributed by atoms with E-state index in [1.165, 1.54) is 12.8 Å². The summed E-state index contributed by atoms with van der Waals surface area (Å²) < 4.78 is 5.76. The Kier molecular flexibility index (Phi) is 8.69. The molecule has 2 atom stereocenters. The van der Waals surface area contributed by atoms with E-state index in [9.17, 15) is 0 Å². The fourth-order valence-electron chi connectivity index (χ4n) is 2.38. The standard InChI is InChI=1S/C16H34N4O/c1-6-17-16(19-14(4)8-7-13(2)3)18-11-15-12-20(5)9-10-21-15/h13-15H,6-12H2,1-5H3,(H2,17,18,19). The predicted molar refractivity (Wildman–Crippen MR) is 89.9 cm³/mol. The zero-order chi connectivity index (χ0) is 15.7. The number of ether oxygens (including phenoxy) is 1. The summed E-state index contributed by atoms with van der Waals surface area (Å²) in [6.07, 6.45) is 2.62. The van der Waals surface area contributed by atoms with Crippen LogP contribution in [0, 0.1) is 5.92 Å². The van der Waals surface area contributed by atoms with E-state index in [0.29, 0.717) is 6.04 Å². The highest BCUT2D eigenvalue weighted by Crippen LogP contribution is 2.06. The molecule has 0 spiro atoms. The van der Waals surface area contributed by atoms with Crippen molar-refractivity contribution >= 4 is 5.96 Å². The highest BCUT2D eigenvalue weighted by molar-refractivity contribution is 5.80. The highest BCUT2D eigenvalue weighted by atomic mass is 16.5. The lowest BCUT2D eigenvalue weighted by molar-refractivity contribution is -0.0136. The largest absolute Gasteiger partial charge is 0.374 e. The predicted octanol–water partition coefficient (Wildman–Crippen LogP) is 1.70. The van der Waals surface area contributed by atoms with Crippen LogP contribution in [0.1, 0.15) is 40.5 Å². The molecule has 0 aromatic heterocycles. The van der Waals surface area contributed by atoms with Gasteiger partial charge in [0.05, 0.1) is 19.3 Å². The van der Waals surface area contributed by atoms with Crippen LogP contribution >= 0.6 is 0 Å². The number of hydrogen-bond acceptors (Lipinski definition) is 3. The molecule has 5 nitrogen and oxygen atoms in total. The Balaban J connectivity index is 2.41. The lowest BCUT2D eigenvalue weighted by atomic mass is 10.0. The van der Waals surface area contributed by atoms with Crippen LogP contribution in [-0.4, -0.2) is 62.8 Å². The molecule has 1 saturated heterocycles. The van der Waals surface area contributed by atoms with Crippen molar-refractivity contribution in [1.82, 2.24) is 15.5 Å². The van der Waals surface area contributed by atoms with Gasteiger partial charge < -0.3 is 20.3 Å². The molecule has 21 heavy (non-hydrogen) atoms. The van der Waals surface area contributed by atoms with E-state index in [1.54, 1.807) is 0 Å². The maximum atomic E-state index is 5.76. The highest BCUT2D eigenvalue weighted by Gasteiger charge is 2.17. The molecule has 0 bridgehead atoms. The summed E-state index contributed by atoms with van der Waals surface area (Å²) in [4.78, 5) is 6.98. The second-order valence-corrected chi connectivity index (χ2v) is 6.49. The van der Waals surface area contributed by atoms with E-state index in [0.717, 1.165) is 44.7 Å². The van der Waals surface area contributed by atoms with Crippen molar-refractivity contribution in [2.24, 2.45) is 10.9 Å². The van der Waals surface area contributed by atoms with Crippen molar-refractivity contribution < 1.29 is 4.74 Å². The zero-order valence-corrected chi connectivity index (χ0v) is 14.5. The molecule has 2 N–H and O–H groups in total. The molecule has 1 fully saturated rings. The normalized spacial score (nSPS) is 22.4. The Morgan fingerprint density at radius 1 is 1.33 bits per heavy atom. The summed E-state index contributed by atoms with van der Waals surface area (Å²) in [7, 11) is 2.14. The molecule has 1 heterocycles. The minimum atomic E-state index is 0.213. The van der Waals surface area contributed by atoms with Crippen molar-refractivity contribution in [3.05, 3.63) is 0 Å². The van der Waals surface area contributed by atoms with Crippen LogP contribution in [-0.2, 0) is 4.74 Å². The number of hydrogen-bond donors (Lipinski definition) is 2. The third kappa shape index (κ3) is 8.27. The molecular weight excluding hydrogens is 264 g/mol. The number of rotatable bonds is 7. The summed E-state index contributed by atoms with van der Waals surface area (Å²) in [6, 6.07) is 0.445. The summed E-state index contributed by atoms with van der Waals surface area (Å²) in [5.74, 6) is 1.66. The van der Waals surface area contributed by atoms with E-state index < -0.39 is 0 Å². The summed E-state index contributed by atoms with van der Waals surface area (Å²) in [6.45, 7) is 13.2. The van der Waals surface area contributed by atoms with Crippen LogP contribution in [0.4, 0.5) is 0 Å². The SMILES string of the molecule is CCNC(=NCC1CN(C)CCO1)NC(C)CCC(C)C. The fourth-order valence-corrected chi connectivity index (χ4v) is 2.38. The van der Waals surface area contributed by atoms with Gasteiger partial charge in [-0.15, -0.1) is 0 Å². The van der Waals surface area contributed by atoms with E-state index in [1.807, 2.05) is 0 Å². The lowest BCUT2D eigenvalue weighted by Gasteiger charge is -2.29. The number of aliphatic imine (C=N–C) groups is 1. The molecule has 1 aliphatic rings. The van der Waals surface area contributed by atoms with Crippen LogP contribution in [0.25, 0.3) is 0 Å². The van der Waals surface area contributed by atoms with E-state index in [4.69, 9.17) is 4.74 Å². The van der Waals surface area contributed by atoms with Gasteiger partial charge in [-0.25, -0.2) is 0 Å². The Hall–Kier alpha value is -0.810. The molecule has 1 rings (SSSR count). The Bertz CT molecular complexity index is 307. The van der Waals surface area contributed by atoms with Gasteiger partial charge in [-0.05, 0) is 39.7 Å². The summed E-state index contributed by atoms with van der Waals surface area (Å²) in [5, 5.41) is 6.82. The fraction of sp³-hybridized carbons (Fsp3) is 0.938. The Labute approximate surface area is 130 Å². The molecular formula is C16H34N4O. The van der Waals surface area contributed by atoms with Crippen molar-refractivity contribution in [3.8, 4) is 0 Å². The minimum absolute atomic E-state index is 0.213. The Morgan fingerprint density at radius 2 is 2.10 bits per heavy atom. The van der Waals surface area contributed by atoms with E-state index >= 15 is 0 Å². The lowest BCUT2D eigenvalue weighted by Crippen LogP contribution is -2.44. The average Bonchev–Trinajstić information content (AvgIpc) is 2.43. The molecule has 0 saturated carbocycles. The van der Waals surface area contributed by atoms with E-state index in [2.05, 4.69) is 55.3 Å². The van der Waals surface area contributed by atoms with Gasteiger partial charge in [-0.3, -0.25) is 4.99 Å². The summed E-state index contributed by atoms with van der Waals surface area (Å²) >= 11 is 0. The number of nitrogens with one attached hydrogen (secondary N) is 2. The second kappa shape index (κ2) is 10.0. The van der Waals surface area contributed by atoms with Crippen molar-refractivity contribution in [3.63, 3.8) is 0 Å². The molecule has 0 amide bonds. The van der Waals surface area contributed by atoms with Crippen molar-refractivity contribution in [2.45, 2.75) is 52.7 Å².